The van der Waals surface area contributed by atoms with Crippen molar-refractivity contribution >= 4 is 23.0 Å². The molecule has 1 aromatic heterocycles. The lowest BCUT2D eigenvalue weighted by Gasteiger charge is -2.32. The number of likely N-dealkylation sites (N-methyl/N-ethyl adjacent to an activating group) is 1. The largest absolute Gasteiger partial charge is 0.372 e. The third-order valence-corrected chi connectivity index (χ3v) is 5.06. The summed E-state index contributed by atoms with van der Waals surface area (Å²) in [4.78, 5) is 23.4. The highest BCUT2D eigenvalue weighted by Gasteiger charge is 2.20. The average Bonchev–Trinajstić information content (AvgIpc) is 2.70. The van der Waals surface area contributed by atoms with Crippen molar-refractivity contribution < 1.29 is 4.79 Å². The van der Waals surface area contributed by atoms with Crippen LogP contribution in [-0.2, 0) is 0 Å². The highest BCUT2D eigenvalue weighted by Crippen LogP contribution is 2.21. The molecule has 0 unspecified atom stereocenters. The lowest BCUT2D eigenvalue weighted by Crippen LogP contribution is -2.47. The third kappa shape index (κ3) is 4.77. The zero-order chi connectivity index (χ0) is 19.2. The van der Waals surface area contributed by atoms with Crippen LogP contribution >= 0.6 is 0 Å². The zero-order valence-electron chi connectivity index (χ0n) is 16.5. The van der Waals surface area contributed by atoms with Crippen molar-refractivity contribution in [3.63, 3.8) is 0 Å². The van der Waals surface area contributed by atoms with E-state index >= 15 is 0 Å². The molecule has 0 spiro atoms. The van der Waals surface area contributed by atoms with E-state index in [1.165, 1.54) is 5.69 Å². The van der Waals surface area contributed by atoms with Crippen molar-refractivity contribution in [2.45, 2.75) is 13.8 Å². The van der Waals surface area contributed by atoms with Gasteiger partial charge in [-0.2, -0.15) is 0 Å². The number of pyridine rings is 1. The zero-order valence-corrected chi connectivity index (χ0v) is 16.5. The van der Waals surface area contributed by atoms with Crippen molar-refractivity contribution in [2.24, 2.45) is 0 Å². The summed E-state index contributed by atoms with van der Waals surface area (Å²) >= 11 is 0. The topological polar surface area (TPSA) is 51.7 Å². The number of hydrogen-bond acceptors (Lipinski definition) is 5. The highest BCUT2D eigenvalue weighted by atomic mass is 16.2. The monoisotopic (exact) mass is 367 g/mol. The van der Waals surface area contributed by atoms with Gasteiger partial charge in [0.05, 0.1) is 17.4 Å². The van der Waals surface area contributed by atoms with Crippen molar-refractivity contribution in [1.29, 1.82) is 0 Å². The number of carbonyl (C=O) groups is 1. The Morgan fingerprint density at radius 1 is 1.04 bits per heavy atom. The van der Waals surface area contributed by atoms with E-state index < -0.39 is 0 Å². The average molecular weight is 367 g/mol. The predicted octanol–water partition coefficient (Wildman–Crippen LogP) is 3.06. The maximum absolute atomic E-state index is 12.7. The minimum Gasteiger partial charge on any atom is -0.372 e. The molecule has 6 heteroatoms. The fraction of sp³-hybridized carbons (Fsp3) is 0.429. The quantitative estimate of drug-likeness (QED) is 0.850. The Labute approximate surface area is 161 Å². The summed E-state index contributed by atoms with van der Waals surface area (Å²) in [5, 5.41) is 3.35. The fourth-order valence-electron chi connectivity index (χ4n) is 3.33. The highest BCUT2D eigenvalue weighted by molar-refractivity contribution is 5.95. The van der Waals surface area contributed by atoms with Crippen LogP contribution in [-0.4, -0.2) is 67.0 Å². The van der Waals surface area contributed by atoms with Gasteiger partial charge in [-0.05, 0) is 51.2 Å². The summed E-state index contributed by atoms with van der Waals surface area (Å²) in [5.74, 6) is 0.0520. The molecule has 6 nitrogen and oxygen atoms in total. The molecule has 1 aliphatic heterocycles. The van der Waals surface area contributed by atoms with Crippen LogP contribution in [0.15, 0.2) is 42.7 Å². The molecule has 0 saturated carbocycles. The van der Waals surface area contributed by atoms with Gasteiger partial charge in [-0.1, -0.05) is 0 Å². The third-order valence-electron chi connectivity index (χ3n) is 5.06. The molecule has 0 radical (unpaired) electrons. The second-order valence-corrected chi connectivity index (χ2v) is 6.90. The van der Waals surface area contributed by atoms with Gasteiger partial charge in [0.15, 0.2) is 0 Å². The number of aromatic nitrogens is 1. The molecule has 2 aromatic rings. The van der Waals surface area contributed by atoms with Crippen LogP contribution < -0.4 is 10.2 Å². The first kappa shape index (κ1) is 19.2. The Balaban J connectivity index is 1.68. The van der Waals surface area contributed by atoms with Crippen LogP contribution in [0.2, 0.25) is 0 Å². The molecule has 1 aromatic carbocycles. The molecule has 1 aliphatic rings. The van der Waals surface area contributed by atoms with Crippen LogP contribution in [0.1, 0.15) is 24.2 Å². The number of rotatable bonds is 6. The van der Waals surface area contributed by atoms with E-state index in [9.17, 15) is 4.79 Å². The number of anilines is 3. The van der Waals surface area contributed by atoms with E-state index in [2.05, 4.69) is 65.3 Å². The van der Waals surface area contributed by atoms with Gasteiger partial charge >= 0.3 is 0 Å². The maximum Gasteiger partial charge on any atom is 0.255 e. The van der Waals surface area contributed by atoms with E-state index in [4.69, 9.17) is 0 Å². The molecular formula is C21H29N5O. The summed E-state index contributed by atoms with van der Waals surface area (Å²) in [6.07, 6.45) is 3.40. The molecule has 2 heterocycles. The molecule has 0 bridgehead atoms. The normalized spacial score (nSPS) is 14.9. The summed E-state index contributed by atoms with van der Waals surface area (Å²) in [6, 6.07) is 10.2. The minimum atomic E-state index is 0.0520. The van der Waals surface area contributed by atoms with E-state index in [-0.39, 0.29) is 5.91 Å². The second-order valence-electron chi connectivity index (χ2n) is 6.90. The van der Waals surface area contributed by atoms with Crippen LogP contribution in [0.3, 0.4) is 0 Å². The summed E-state index contributed by atoms with van der Waals surface area (Å²) in [6.45, 7) is 9.65. The maximum atomic E-state index is 12.7. The first-order valence-corrected chi connectivity index (χ1v) is 9.65. The molecule has 3 rings (SSSR count). The number of amides is 1. The molecule has 0 aliphatic carbocycles. The van der Waals surface area contributed by atoms with Crippen LogP contribution in [0, 0.1) is 0 Å². The smallest absolute Gasteiger partial charge is 0.255 e. The Hall–Kier alpha value is -2.60. The second kappa shape index (κ2) is 8.86. The number of benzene rings is 1. The molecular weight excluding hydrogens is 338 g/mol. The van der Waals surface area contributed by atoms with Gasteiger partial charge in [0.25, 0.3) is 5.91 Å². The number of hydrogen-bond donors (Lipinski definition) is 1. The van der Waals surface area contributed by atoms with E-state index in [1.54, 1.807) is 12.4 Å². The number of nitrogens with one attached hydrogen (secondary N) is 1. The molecule has 1 saturated heterocycles. The van der Waals surface area contributed by atoms with Gasteiger partial charge in [-0.25, -0.2) is 0 Å². The van der Waals surface area contributed by atoms with Crippen molar-refractivity contribution in [1.82, 2.24) is 14.8 Å². The van der Waals surface area contributed by atoms with Crippen LogP contribution in [0.25, 0.3) is 0 Å². The predicted molar refractivity (Wildman–Crippen MR) is 111 cm³/mol. The minimum absolute atomic E-state index is 0.0520. The van der Waals surface area contributed by atoms with Gasteiger partial charge in [0, 0.05) is 56.8 Å². The van der Waals surface area contributed by atoms with Crippen molar-refractivity contribution in [2.75, 3.05) is 56.5 Å². The van der Waals surface area contributed by atoms with Gasteiger partial charge in [0.2, 0.25) is 0 Å². The van der Waals surface area contributed by atoms with Gasteiger partial charge in [-0.15, -0.1) is 0 Å². The molecule has 1 amide bonds. The first-order valence-electron chi connectivity index (χ1n) is 9.65. The first-order chi connectivity index (χ1) is 13.1. The number of nitrogens with zero attached hydrogens (tertiary/aromatic N) is 4. The SMILES string of the molecule is CCN(CC)c1ccc(Nc2cncc(C(=O)N3CCN(C)CC3)c2)cc1. The Morgan fingerprint density at radius 2 is 1.70 bits per heavy atom. The lowest BCUT2D eigenvalue weighted by atomic mass is 10.2. The number of carbonyl (C=O) groups excluding carboxylic acids is 1. The molecule has 1 N–H and O–H groups in total. The van der Waals surface area contributed by atoms with Crippen LogP contribution in [0.5, 0.6) is 0 Å². The summed E-state index contributed by atoms with van der Waals surface area (Å²) in [5.41, 5.74) is 3.65. The number of piperazine rings is 1. The van der Waals surface area contributed by atoms with Gasteiger partial charge in [-0.3, -0.25) is 9.78 Å². The Kier molecular flexibility index (Phi) is 6.29. The molecule has 0 atom stereocenters. The summed E-state index contributed by atoms with van der Waals surface area (Å²) in [7, 11) is 2.08. The van der Waals surface area contributed by atoms with E-state index in [0.29, 0.717) is 5.56 Å². The Morgan fingerprint density at radius 3 is 2.33 bits per heavy atom. The fourth-order valence-corrected chi connectivity index (χ4v) is 3.33. The lowest BCUT2D eigenvalue weighted by molar-refractivity contribution is 0.0663. The van der Waals surface area contributed by atoms with E-state index in [1.807, 2.05) is 11.0 Å². The molecule has 27 heavy (non-hydrogen) atoms. The standard InChI is InChI=1S/C21H29N5O/c1-4-25(5-2)20-8-6-18(7-9-20)23-19-14-17(15-22-16-19)21(27)26-12-10-24(3)11-13-26/h6-9,14-16,23H,4-5,10-13H2,1-3H3. The molecule has 144 valence electrons. The van der Waals surface area contributed by atoms with Gasteiger partial charge < -0.3 is 20.0 Å². The molecule has 1 fully saturated rings. The van der Waals surface area contributed by atoms with Crippen molar-refractivity contribution in [3.8, 4) is 0 Å². The van der Waals surface area contributed by atoms with Gasteiger partial charge in [0.1, 0.15) is 0 Å². The summed E-state index contributed by atoms with van der Waals surface area (Å²) < 4.78 is 0. The van der Waals surface area contributed by atoms with Crippen molar-refractivity contribution in [3.05, 3.63) is 48.3 Å². The van der Waals surface area contributed by atoms with E-state index in [0.717, 1.165) is 50.6 Å². The van der Waals surface area contributed by atoms with Crippen LogP contribution in [0.4, 0.5) is 17.1 Å². The Bertz CT molecular complexity index is 749.